The van der Waals surface area contributed by atoms with E-state index >= 15 is 0 Å². The molecule has 0 saturated carbocycles. The minimum Gasteiger partial charge on any atom is -0.359 e. The van der Waals surface area contributed by atoms with Gasteiger partial charge in [-0.3, -0.25) is 19.7 Å². The maximum Gasteiger partial charge on any atom is 0.293 e. The van der Waals surface area contributed by atoms with E-state index < -0.39 is 39.8 Å². The molecule has 4 rings (SSSR count). The van der Waals surface area contributed by atoms with Gasteiger partial charge in [0.05, 0.1) is 28.0 Å². The minimum atomic E-state index is -0.847. The zero-order valence-electron chi connectivity index (χ0n) is 13.5. The Balaban J connectivity index is 1.85. The molecular weight excluding hydrogens is 312 g/mol. The van der Waals surface area contributed by atoms with Gasteiger partial charge in [-0.1, -0.05) is 18.2 Å². The number of benzene rings is 1. The number of carbonyl (C=O) groups is 2. The molecule has 0 aromatic heterocycles. The number of nitro benzene ring substituents is 1. The zero-order chi connectivity index (χ0) is 17.4. The predicted molar refractivity (Wildman–Crippen MR) is 84.3 cm³/mol. The van der Waals surface area contributed by atoms with E-state index in [0.717, 1.165) is 4.90 Å². The summed E-state index contributed by atoms with van der Waals surface area (Å²) in [6.45, 7) is 5.27. The van der Waals surface area contributed by atoms with Gasteiger partial charge < -0.3 is 4.74 Å². The summed E-state index contributed by atoms with van der Waals surface area (Å²) in [5, 5.41) is 11.4. The molecule has 7 nitrogen and oxygen atoms in total. The molecular formula is C17H16N2O5. The third-order valence-corrected chi connectivity index (χ3v) is 5.29. The van der Waals surface area contributed by atoms with Crippen molar-refractivity contribution >= 4 is 23.2 Å². The maximum absolute atomic E-state index is 13.0. The summed E-state index contributed by atoms with van der Waals surface area (Å²) in [5.74, 6) is -2.18. The Morgan fingerprint density at radius 3 is 2.17 bits per heavy atom. The Kier molecular flexibility index (Phi) is 2.69. The molecule has 0 N–H and O–H groups in total. The molecule has 0 spiro atoms. The molecule has 3 aliphatic heterocycles. The van der Waals surface area contributed by atoms with Crippen LogP contribution in [0, 0.1) is 28.9 Å². The van der Waals surface area contributed by atoms with E-state index in [-0.39, 0.29) is 11.4 Å². The number of nitrogens with zero attached hydrogens (tertiary/aromatic N) is 2. The number of carbonyl (C=O) groups excluding carboxylic acids is 2. The summed E-state index contributed by atoms with van der Waals surface area (Å²) < 4.78 is 5.92. The number of imide groups is 1. The van der Waals surface area contributed by atoms with E-state index in [1.165, 1.54) is 12.1 Å². The molecule has 3 heterocycles. The Morgan fingerprint density at radius 1 is 1.12 bits per heavy atom. The molecule has 1 aromatic carbocycles. The fraction of sp³-hybridized carbons (Fsp3) is 0.412. The van der Waals surface area contributed by atoms with Crippen LogP contribution >= 0.6 is 0 Å². The van der Waals surface area contributed by atoms with E-state index in [9.17, 15) is 19.7 Å². The van der Waals surface area contributed by atoms with Crippen molar-refractivity contribution in [1.82, 2.24) is 0 Å². The highest BCUT2D eigenvalue weighted by atomic mass is 16.6. The molecule has 3 aliphatic rings. The molecule has 2 amide bonds. The first-order chi connectivity index (χ1) is 11.2. The fourth-order valence-electron chi connectivity index (χ4n) is 4.24. The largest absolute Gasteiger partial charge is 0.359 e. The second kappa shape index (κ2) is 4.30. The van der Waals surface area contributed by atoms with Crippen molar-refractivity contribution in [1.29, 1.82) is 0 Å². The Hall–Kier alpha value is -2.54. The average molecular weight is 328 g/mol. The topological polar surface area (TPSA) is 89.8 Å². The molecule has 4 unspecified atom stereocenters. The lowest BCUT2D eigenvalue weighted by atomic mass is 9.73. The monoisotopic (exact) mass is 328 g/mol. The summed E-state index contributed by atoms with van der Waals surface area (Å²) in [7, 11) is 0. The van der Waals surface area contributed by atoms with Gasteiger partial charge in [-0.25, -0.2) is 4.90 Å². The van der Waals surface area contributed by atoms with Gasteiger partial charge in [0.2, 0.25) is 11.8 Å². The lowest BCUT2D eigenvalue weighted by Crippen LogP contribution is -2.39. The van der Waals surface area contributed by atoms with Crippen molar-refractivity contribution in [3.05, 3.63) is 46.0 Å². The summed E-state index contributed by atoms with van der Waals surface area (Å²) >= 11 is 0. The molecule has 24 heavy (non-hydrogen) atoms. The summed E-state index contributed by atoms with van der Waals surface area (Å²) in [4.78, 5) is 37.7. The molecule has 4 atom stereocenters. The number of rotatable bonds is 2. The van der Waals surface area contributed by atoms with Crippen molar-refractivity contribution in [3.63, 3.8) is 0 Å². The van der Waals surface area contributed by atoms with E-state index in [0.29, 0.717) is 5.56 Å². The van der Waals surface area contributed by atoms with Crippen LogP contribution in [0.25, 0.3) is 0 Å². The van der Waals surface area contributed by atoms with Crippen LogP contribution in [0.4, 0.5) is 11.4 Å². The van der Waals surface area contributed by atoms with Gasteiger partial charge in [-0.2, -0.15) is 0 Å². The van der Waals surface area contributed by atoms with Gasteiger partial charge in [-0.15, -0.1) is 0 Å². The molecule has 2 fully saturated rings. The lowest BCUT2D eigenvalue weighted by molar-refractivity contribution is -0.384. The van der Waals surface area contributed by atoms with Gasteiger partial charge in [-0.05, 0) is 32.4 Å². The lowest BCUT2D eigenvalue weighted by Gasteiger charge is -2.25. The number of ether oxygens (including phenoxy) is 1. The van der Waals surface area contributed by atoms with E-state index in [1.807, 2.05) is 12.2 Å². The predicted octanol–water partition coefficient (Wildman–Crippen LogP) is 2.13. The SMILES string of the molecule is Cc1ccc(N2C(=O)C3C(C2=O)C2(C)C=CC3(C)O2)c([N+](=O)[O-])c1. The van der Waals surface area contributed by atoms with Gasteiger partial charge >= 0.3 is 0 Å². The van der Waals surface area contributed by atoms with Crippen LogP contribution in [0.15, 0.2) is 30.4 Å². The second-order valence-corrected chi connectivity index (χ2v) is 7.02. The molecule has 1 aromatic rings. The number of amides is 2. The van der Waals surface area contributed by atoms with Gasteiger partial charge in [0, 0.05) is 6.07 Å². The highest BCUT2D eigenvalue weighted by molar-refractivity contribution is 6.24. The van der Waals surface area contributed by atoms with E-state index in [4.69, 9.17) is 4.74 Å². The minimum absolute atomic E-state index is 0.0293. The molecule has 2 bridgehead atoms. The summed E-state index contributed by atoms with van der Waals surface area (Å²) in [6, 6.07) is 4.49. The van der Waals surface area contributed by atoms with Crippen LogP contribution in [-0.4, -0.2) is 27.9 Å². The third-order valence-electron chi connectivity index (χ3n) is 5.29. The standard InChI is InChI=1S/C17H16N2O5/c1-9-4-5-10(11(8-9)19(22)23)18-14(20)12-13(15(18)21)17(3)7-6-16(12,2)24-17/h4-8,12-13H,1-3H3. The van der Waals surface area contributed by atoms with Crippen LogP contribution in [-0.2, 0) is 14.3 Å². The highest BCUT2D eigenvalue weighted by Gasteiger charge is 2.70. The van der Waals surface area contributed by atoms with Crippen LogP contribution in [0.1, 0.15) is 19.4 Å². The number of anilines is 1. The van der Waals surface area contributed by atoms with E-state index in [1.54, 1.807) is 26.8 Å². The first-order valence-electron chi connectivity index (χ1n) is 7.71. The van der Waals surface area contributed by atoms with Gasteiger partial charge in [0.1, 0.15) is 5.69 Å². The average Bonchev–Trinajstić information content (AvgIpc) is 3.04. The molecule has 124 valence electrons. The third kappa shape index (κ3) is 1.65. The number of aryl methyl sites for hydroxylation is 1. The molecule has 7 heteroatoms. The molecule has 0 radical (unpaired) electrons. The summed E-state index contributed by atoms with van der Waals surface area (Å²) in [5.41, 5.74) is -1.22. The fourth-order valence-corrected chi connectivity index (χ4v) is 4.24. The zero-order valence-corrected chi connectivity index (χ0v) is 13.5. The molecule has 0 aliphatic carbocycles. The number of fused-ring (bicyclic) bond motifs is 5. The Labute approximate surface area is 138 Å². The molecule has 2 saturated heterocycles. The Bertz CT molecular complexity index is 811. The normalized spacial score (nSPS) is 36.5. The summed E-state index contributed by atoms with van der Waals surface area (Å²) in [6.07, 6.45) is 3.62. The Morgan fingerprint density at radius 2 is 1.67 bits per heavy atom. The van der Waals surface area contributed by atoms with Crippen LogP contribution in [0.2, 0.25) is 0 Å². The van der Waals surface area contributed by atoms with Crippen molar-refractivity contribution in [2.75, 3.05) is 4.90 Å². The van der Waals surface area contributed by atoms with Gasteiger partial charge in [0.25, 0.3) is 5.69 Å². The number of hydrogen-bond acceptors (Lipinski definition) is 5. The van der Waals surface area contributed by atoms with Crippen molar-refractivity contribution in [2.24, 2.45) is 11.8 Å². The second-order valence-electron chi connectivity index (χ2n) is 7.02. The quantitative estimate of drug-likeness (QED) is 0.359. The number of nitro groups is 1. The highest BCUT2D eigenvalue weighted by Crippen LogP contribution is 2.57. The smallest absolute Gasteiger partial charge is 0.293 e. The van der Waals surface area contributed by atoms with Crippen LogP contribution in [0.3, 0.4) is 0 Å². The van der Waals surface area contributed by atoms with Gasteiger partial charge in [0.15, 0.2) is 0 Å². The first kappa shape index (κ1) is 15.0. The van der Waals surface area contributed by atoms with Crippen LogP contribution in [0.5, 0.6) is 0 Å². The number of hydrogen-bond donors (Lipinski definition) is 0. The van der Waals surface area contributed by atoms with E-state index in [2.05, 4.69) is 0 Å². The van der Waals surface area contributed by atoms with Crippen molar-refractivity contribution in [2.45, 2.75) is 32.0 Å². The maximum atomic E-state index is 13.0. The van der Waals surface area contributed by atoms with Crippen LogP contribution < -0.4 is 4.90 Å². The van der Waals surface area contributed by atoms with Crippen molar-refractivity contribution < 1.29 is 19.2 Å². The van der Waals surface area contributed by atoms with Crippen molar-refractivity contribution in [3.8, 4) is 0 Å². The first-order valence-corrected chi connectivity index (χ1v) is 7.71.